The van der Waals surface area contributed by atoms with Gasteiger partial charge in [-0.1, -0.05) is 25.0 Å². The number of hydrogen-bond acceptors (Lipinski definition) is 2. The molecule has 0 atom stereocenters. The van der Waals surface area contributed by atoms with Gasteiger partial charge in [0.1, 0.15) is 5.75 Å². The molecule has 1 amide bonds. The molecule has 1 saturated carbocycles. The van der Waals surface area contributed by atoms with E-state index in [1.807, 2.05) is 0 Å². The molecule has 3 nitrogen and oxygen atoms in total. The lowest BCUT2D eigenvalue weighted by Crippen LogP contribution is -2.30. The summed E-state index contributed by atoms with van der Waals surface area (Å²) in [5, 5.41) is 2.89. The zero-order valence-corrected chi connectivity index (χ0v) is 11.3. The number of benzene rings is 1. The number of rotatable bonds is 4. The van der Waals surface area contributed by atoms with E-state index in [1.165, 1.54) is 30.3 Å². The summed E-state index contributed by atoms with van der Waals surface area (Å²) in [5.41, 5.74) is 0.631. The largest absolute Gasteiger partial charge is 0.573 e. The molecule has 0 saturated heterocycles. The molecule has 0 aliphatic heterocycles. The lowest BCUT2D eigenvalue weighted by molar-refractivity contribution is -0.274. The Morgan fingerprint density at radius 2 is 1.81 bits per heavy atom. The molecule has 0 unspecified atom stereocenters. The predicted molar refractivity (Wildman–Crippen MR) is 72.6 cm³/mol. The molecule has 1 aliphatic carbocycles. The van der Waals surface area contributed by atoms with Crippen molar-refractivity contribution in [2.24, 2.45) is 0 Å². The fourth-order valence-electron chi connectivity index (χ4n) is 2.27. The molecule has 1 N–H and O–H groups in total. The molecule has 1 aliphatic rings. The van der Waals surface area contributed by atoms with E-state index >= 15 is 0 Å². The highest BCUT2D eigenvalue weighted by Gasteiger charge is 2.30. The topological polar surface area (TPSA) is 38.3 Å². The highest BCUT2D eigenvalue weighted by atomic mass is 19.4. The third-order valence-electron chi connectivity index (χ3n) is 3.24. The molecule has 6 heteroatoms. The molecule has 1 aromatic rings. The molecule has 0 bridgehead atoms. The van der Waals surface area contributed by atoms with Gasteiger partial charge >= 0.3 is 6.36 Å². The van der Waals surface area contributed by atoms with E-state index < -0.39 is 6.36 Å². The Morgan fingerprint density at radius 1 is 1.19 bits per heavy atom. The lowest BCUT2D eigenvalue weighted by Gasteiger charge is -2.09. The zero-order valence-electron chi connectivity index (χ0n) is 11.3. The molecule has 1 aromatic carbocycles. The molecule has 0 radical (unpaired) electrons. The van der Waals surface area contributed by atoms with Gasteiger partial charge in [0.05, 0.1) is 0 Å². The van der Waals surface area contributed by atoms with E-state index in [2.05, 4.69) is 10.1 Å². The second-order valence-electron chi connectivity index (χ2n) is 4.94. The van der Waals surface area contributed by atoms with Crippen molar-refractivity contribution in [3.05, 3.63) is 35.9 Å². The lowest BCUT2D eigenvalue weighted by atomic mass is 10.2. The van der Waals surface area contributed by atoms with Crippen molar-refractivity contribution in [3.8, 4) is 5.75 Å². The van der Waals surface area contributed by atoms with Crippen molar-refractivity contribution < 1.29 is 22.7 Å². The zero-order chi connectivity index (χ0) is 15.3. The monoisotopic (exact) mass is 299 g/mol. The molecular formula is C15H16F3NO2. The first-order chi connectivity index (χ1) is 9.92. The summed E-state index contributed by atoms with van der Waals surface area (Å²) in [5.74, 6) is -0.465. The number of carbonyl (C=O) groups excluding carboxylic acids is 1. The van der Waals surface area contributed by atoms with Crippen molar-refractivity contribution in [3.63, 3.8) is 0 Å². The van der Waals surface area contributed by atoms with Gasteiger partial charge in [-0.05, 0) is 36.6 Å². The van der Waals surface area contributed by atoms with Gasteiger partial charge in [0, 0.05) is 12.1 Å². The summed E-state index contributed by atoms with van der Waals surface area (Å²) < 4.78 is 39.8. The van der Waals surface area contributed by atoms with Gasteiger partial charge in [-0.3, -0.25) is 4.79 Å². The van der Waals surface area contributed by atoms with Crippen LogP contribution in [0.4, 0.5) is 13.2 Å². The van der Waals surface area contributed by atoms with Crippen LogP contribution in [0.5, 0.6) is 5.75 Å². The van der Waals surface area contributed by atoms with Crippen molar-refractivity contribution >= 4 is 12.0 Å². The number of nitrogens with one attached hydrogen (secondary N) is 1. The second-order valence-corrected chi connectivity index (χ2v) is 4.94. The van der Waals surface area contributed by atoms with Crippen LogP contribution >= 0.6 is 0 Å². The van der Waals surface area contributed by atoms with Crippen LogP contribution in [0, 0.1) is 0 Å². The van der Waals surface area contributed by atoms with E-state index in [9.17, 15) is 18.0 Å². The Kier molecular flexibility index (Phi) is 4.88. The van der Waals surface area contributed by atoms with E-state index in [1.54, 1.807) is 6.08 Å². The minimum absolute atomic E-state index is 0.183. The maximum atomic E-state index is 12.0. The molecule has 114 valence electrons. The van der Waals surface area contributed by atoms with Crippen LogP contribution in [0.2, 0.25) is 0 Å². The smallest absolute Gasteiger partial charge is 0.406 e. The van der Waals surface area contributed by atoms with Crippen molar-refractivity contribution in [2.75, 3.05) is 0 Å². The van der Waals surface area contributed by atoms with Gasteiger partial charge < -0.3 is 10.1 Å². The number of halogens is 3. The van der Waals surface area contributed by atoms with Crippen LogP contribution < -0.4 is 10.1 Å². The summed E-state index contributed by atoms with van der Waals surface area (Å²) in [6.45, 7) is 0. The first-order valence-corrected chi connectivity index (χ1v) is 6.77. The fraction of sp³-hybridized carbons (Fsp3) is 0.400. The van der Waals surface area contributed by atoms with Gasteiger partial charge in [0.25, 0.3) is 0 Å². The Bertz CT molecular complexity index is 503. The van der Waals surface area contributed by atoms with Crippen molar-refractivity contribution in [2.45, 2.75) is 38.1 Å². The predicted octanol–water partition coefficient (Wildman–Crippen LogP) is 3.66. The van der Waals surface area contributed by atoms with Gasteiger partial charge in [-0.2, -0.15) is 0 Å². The van der Waals surface area contributed by atoms with Crippen LogP contribution in [0.25, 0.3) is 6.08 Å². The van der Waals surface area contributed by atoms with E-state index in [0.717, 1.165) is 25.7 Å². The highest BCUT2D eigenvalue weighted by Crippen LogP contribution is 2.23. The first-order valence-electron chi connectivity index (χ1n) is 6.77. The Hall–Kier alpha value is -1.98. The maximum Gasteiger partial charge on any atom is 0.573 e. The van der Waals surface area contributed by atoms with Gasteiger partial charge in [-0.25, -0.2) is 0 Å². The summed E-state index contributed by atoms with van der Waals surface area (Å²) >= 11 is 0. The number of alkyl halides is 3. The van der Waals surface area contributed by atoms with Gasteiger partial charge in [0.15, 0.2) is 0 Å². The third-order valence-corrected chi connectivity index (χ3v) is 3.24. The first kappa shape index (κ1) is 15.4. The van der Waals surface area contributed by atoms with Crippen molar-refractivity contribution in [1.29, 1.82) is 0 Å². The molecule has 0 aromatic heterocycles. The molecule has 1 fully saturated rings. The average Bonchev–Trinajstić information content (AvgIpc) is 2.89. The molecule has 0 heterocycles. The molecule has 0 spiro atoms. The maximum absolute atomic E-state index is 12.0. The number of ether oxygens (including phenoxy) is 1. The summed E-state index contributed by atoms with van der Waals surface area (Å²) in [7, 11) is 0. The van der Waals surface area contributed by atoms with E-state index in [0.29, 0.717) is 5.56 Å². The number of hydrogen-bond donors (Lipinski definition) is 1. The van der Waals surface area contributed by atoms with Crippen LogP contribution in [-0.4, -0.2) is 18.3 Å². The summed E-state index contributed by atoms with van der Waals surface area (Å²) in [6, 6.07) is 5.58. The van der Waals surface area contributed by atoms with Gasteiger partial charge in [-0.15, -0.1) is 13.2 Å². The number of carbonyl (C=O) groups is 1. The molecule has 2 rings (SSSR count). The Labute approximate surface area is 120 Å². The average molecular weight is 299 g/mol. The second kappa shape index (κ2) is 6.65. The minimum Gasteiger partial charge on any atom is -0.406 e. The van der Waals surface area contributed by atoms with E-state index in [4.69, 9.17) is 0 Å². The Morgan fingerprint density at radius 3 is 2.38 bits per heavy atom. The summed E-state index contributed by atoms with van der Waals surface area (Å²) in [6.07, 6.45) is 2.52. The van der Waals surface area contributed by atoms with E-state index in [-0.39, 0.29) is 17.7 Å². The minimum atomic E-state index is -4.70. The third kappa shape index (κ3) is 5.49. The Balaban J connectivity index is 1.87. The molecular weight excluding hydrogens is 283 g/mol. The molecule has 21 heavy (non-hydrogen) atoms. The van der Waals surface area contributed by atoms with Crippen LogP contribution in [-0.2, 0) is 4.79 Å². The van der Waals surface area contributed by atoms with Gasteiger partial charge in [0.2, 0.25) is 5.91 Å². The van der Waals surface area contributed by atoms with Crippen LogP contribution in [0.3, 0.4) is 0 Å². The number of amides is 1. The highest BCUT2D eigenvalue weighted by molar-refractivity contribution is 5.91. The normalized spacial score (nSPS) is 16.3. The van der Waals surface area contributed by atoms with Crippen molar-refractivity contribution in [1.82, 2.24) is 5.32 Å². The SMILES string of the molecule is O=C(/C=C/c1ccc(OC(F)(F)F)cc1)NC1CCCC1. The quantitative estimate of drug-likeness (QED) is 0.862. The summed E-state index contributed by atoms with van der Waals surface area (Å²) in [4.78, 5) is 11.7. The van der Waals surface area contributed by atoms with Crippen LogP contribution in [0.1, 0.15) is 31.2 Å². The van der Waals surface area contributed by atoms with Crippen LogP contribution in [0.15, 0.2) is 30.3 Å². The fourth-order valence-corrected chi connectivity index (χ4v) is 2.27. The standard InChI is InChI=1S/C15H16F3NO2/c16-15(17,18)21-13-8-5-11(6-9-13)7-10-14(20)19-12-3-1-2-4-12/h5-10,12H,1-4H2,(H,19,20)/b10-7+.